The van der Waals surface area contributed by atoms with Crippen molar-refractivity contribution in [2.45, 2.75) is 29.7 Å². The first-order valence-corrected chi connectivity index (χ1v) is 12.4. The Morgan fingerprint density at radius 3 is 2.40 bits per heavy atom. The van der Waals surface area contributed by atoms with Gasteiger partial charge in [0.1, 0.15) is 0 Å². The molecule has 5 nitrogen and oxygen atoms in total. The zero-order valence-corrected chi connectivity index (χ0v) is 20.1. The maximum absolute atomic E-state index is 13.7. The number of hydrogen-bond donors (Lipinski definition) is 2. The van der Waals surface area contributed by atoms with Crippen molar-refractivity contribution in [1.29, 1.82) is 0 Å². The summed E-state index contributed by atoms with van der Waals surface area (Å²) in [6.45, 7) is 2.49. The number of benzene rings is 4. The Kier molecular flexibility index (Phi) is 6.55. The van der Waals surface area contributed by atoms with E-state index >= 15 is 0 Å². The van der Waals surface area contributed by atoms with Gasteiger partial charge in [-0.1, -0.05) is 79.3 Å². The minimum absolute atomic E-state index is 0.0609. The number of fused-ring (bicyclic) bond motifs is 2. The Morgan fingerprint density at radius 2 is 1.57 bits per heavy atom. The van der Waals surface area contributed by atoms with Crippen molar-refractivity contribution >= 4 is 40.8 Å². The molecule has 0 aromatic heterocycles. The lowest BCUT2D eigenvalue weighted by Gasteiger charge is -2.24. The smallest absolute Gasteiger partial charge is 0.308 e. The van der Waals surface area contributed by atoms with Crippen LogP contribution in [0.25, 0.3) is 0 Å². The second kappa shape index (κ2) is 10.1. The monoisotopic (exact) mass is 479 g/mol. The number of hydrogen-bond acceptors (Lipinski definition) is 3. The van der Waals surface area contributed by atoms with Crippen LogP contribution in [0.3, 0.4) is 0 Å². The van der Waals surface area contributed by atoms with Gasteiger partial charge in [0, 0.05) is 21.2 Å². The molecule has 2 N–H and O–H groups in total. The molecule has 0 atom stereocenters. The van der Waals surface area contributed by atoms with Gasteiger partial charge in [-0.15, -0.1) is 0 Å². The lowest BCUT2D eigenvalue weighted by Crippen LogP contribution is -2.30. The van der Waals surface area contributed by atoms with Crippen molar-refractivity contribution in [3.05, 3.63) is 114 Å². The van der Waals surface area contributed by atoms with E-state index in [1.807, 2.05) is 97.1 Å². The number of anilines is 3. The minimum Gasteiger partial charge on any atom is -0.308 e. The van der Waals surface area contributed by atoms with E-state index in [1.165, 1.54) is 0 Å². The molecule has 0 fully saturated rings. The average molecular weight is 480 g/mol. The zero-order chi connectivity index (χ0) is 24.2. The number of amides is 3. The number of para-hydroxylation sites is 1. The van der Waals surface area contributed by atoms with Crippen LogP contribution in [0.5, 0.6) is 0 Å². The van der Waals surface area contributed by atoms with Crippen molar-refractivity contribution in [3.63, 3.8) is 0 Å². The maximum Gasteiger partial charge on any atom is 0.323 e. The highest BCUT2D eigenvalue weighted by Gasteiger charge is 2.27. The molecule has 0 saturated heterocycles. The van der Waals surface area contributed by atoms with Gasteiger partial charge in [-0.25, -0.2) is 4.79 Å². The first kappa shape index (κ1) is 22.7. The summed E-state index contributed by atoms with van der Waals surface area (Å²) in [7, 11) is 0. The second-order valence-corrected chi connectivity index (χ2v) is 9.33. The molecule has 0 aliphatic carbocycles. The number of rotatable bonds is 5. The van der Waals surface area contributed by atoms with Crippen LogP contribution in [-0.4, -0.2) is 11.9 Å². The number of nitrogens with one attached hydrogen (secondary N) is 2. The molecule has 0 unspecified atom stereocenters. The van der Waals surface area contributed by atoms with Gasteiger partial charge in [-0.05, 0) is 53.9 Å². The average Bonchev–Trinajstić information content (AvgIpc) is 2.99. The number of aryl methyl sites for hydroxylation is 1. The molecular formula is C29H25N3O2S. The van der Waals surface area contributed by atoms with Crippen LogP contribution in [0, 0.1) is 0 Å². The maximum atomic E-state index is 13.7. The zero-order valence-electron chi connectivity index (χ0n) is 19.3. The third kappa shape index (κ3) is 4.93. The van der Waals surface area contributed by atoms with Gasteiger partial charge < -0.3 is 15.5 Å². The van der Waals surface area contributed by atoms with Crippen LogP contribution in [0.15, 0.2) is 107 Å². The summed E-state index contributed by atoms with van der Waals surface area (Å²) < 4.78 is 0. The second-order valence-electron chi connectivity index (χ2n) is 8.25. The summed E-state index contributed by atoms with van der Waals surface area (Å²) in [6.07, 6.45) is 0.823. The van der Waals surface area contributed by atoms with E-state index in [9.17, 15) is 9.59 Å². The van der Waals surface area contributed by atoms with Gasteiger partial charge >= 0.3 is 6.03 Å². The van der Waals surface area contributed by atoms with Gasteiger partial charge in [0.2, 0.25) is 0 Å². The summed E-state index contributed by atoms with van der Waals surface area (Å²) in [5, 5.41) is 5.88. The van der Waals surface area contributed by atoms with Gasteiger partial charge in [0.25, 0.3) is 5.91 Å². The summed E-state index contributed by atoms with van der Waals surface area (Å²) in [6, 6.07) is 30.7. The van der Waals surface area contributed by atoms with Crippen molar-refractivity contribution < 1.29 is 9.59 Å². The van der Waals surface area contributed by atoms with Crippen molar-refractivity contribution in [2.75, 3.05) is 15.5 Å². The van der Waals surface area contributed by atoms with Crippen molar-refractivity contribution in [3.8, 4) is 0 Å². The molecule has 3 amide bonds. The molecule has 5 rings (SSSR count). The van der Waals surface area contributed by atoms with Crippen molar-refractivity contribution in [2.24, 2.45) is 0 Å². The topological polar surface area (TPSA) is 61.4 Å². The molecule has 4 aromatic carbocycles. The first-order chi connectivity index (χ1) is 17.1. The molecule has 0 saturated carbocycles. The van der Waals surface area contributed by atoms with Gasteiger partial charge in [-0.3, -0.25) is 4.79 Å². The Labute approximate surface area is 209 Å². The lowest BCUT2D eigenvalue weighted by atomic mass is 10.1. The van der Waals surface area contributed by atoms with Crippen LogP contribution in [0.4, 0.5) is 21.9 Å². The highest BCUT2D eigenvalue weighted by Crippen LogP contribution is 2.43. The van der Waals surface area contributed by atoms with Crippen LogP contribution in [0.2, 0.25) is 0 Å². The number of urea groups is 1. The van der Waals surface area contributed by atoms with E-state index in [1.54, 1.807) is 16.7 Å². The Hall–Kier alpha value is -4.03. The molecule has 1 aliphatic heterocycles. The van der Waals surface area contributed by atoms with E-state index in [0.717, 1.165) is 38.7 Å². The minimum atomic E-state index is -0.323. The number of nitrogens with zero attached hydrogens (tertiary/aromatic N) is 1. The fourth-order valence-corrected chi connectivity index (χ4v) is 5.21. The largest absolute Gasteiger partial charge is 0.323 e. The summed E-state index contributed by atoms with van der Waals surface area (Å²) in [4.78, 5) is 30.1. The Bertz CT molecular complexity index is 1390. The van der Waals surface area contributed by atoms with Crippen LogP contribution in [0.1, 0.15) is 28.4 Å². The fourth-order valence-electron chi connectivity index (χ4n) is 4.16. The normalized spacial score (nSPS) is 12.4. The summed E-state index contributed by atoms with van der Waals surface area (Å²) >= 11 is 1.57. The lowest BCUT2D eigenvalue weighted by molar-refractivity contribution is 0.0982. The summed E-state index contributed by atoms with van der Waals surface area (Å²) in [5.41, 5.74) is 4.95. The van der Waals surface area contributed by atoms with Crippen molar-refractivity contribution in [1.82, 2.24) is 0 Å². The molecule has 0 radical (unpaired) electrons. The first-order valence-electron chi connectivity index (χ1n) is 11.5. The SMILES string of the molecule is CCc1ccccc1NC(=O)Nc1ccc2c(c1)N(Cc1ccccc1)C(=O)c1ccccc1S2. The molecule has 4 aromatic rings. The third-order valence-corrected chi connectivity index (χ3v) is 7.06. The molecule has 174 valence electrons. The molecule has 1 heterocycles. The molecule has 0 bridgehead atoms. The van der Waals surface area contributed by atoms with E-state index < -0.39 is 0 Å². The predicted molar refractivity (Wildman–Crippen MR) is 142 cm³/mol. The molecule has 1 aliphatic rings. The van der Waals surface area contributed by atoms with E-state index in [0.29, 0.717) is 17.8 Å². The molecule has 6 heteroatoms. The van der Waals surface area contributed by atoms with E-state index in [2.05, 4.69) is 17.6 Å². The molecule has 35 heavy (non-hydrogen) atoms. The third-order valence-electron chi connectivity index (χ3n) is 5.92. The van der Waals surface area contributed by atoms with E-state index in [-0.39, 0.29) is 11.9 Å². The standard InChI is InChI=1S/C29H25N3O2S/c1-2-21-12-6-8-14-24(21)31-29(34)30-22-16-17-27-25(18-22)32(19-20-10-4-3-5-11-20)28(33)23-13-7-9-15-26(23)35-27/h3-18H,2,19H2,1H3,(H2,30,31,34). The van der Waals surface area contributed by atoms with Gasteiger partial charge in [-0.2, -0.15) is 0 Å². The van der Waals surface area contributed by atoms with Crippen LogP contribution < -0.4 is 15.5 Å². The Morgan fingerprint density at radius 1 is 0.829 bits per heavy atom. The van der Waals surface area contributed by atoms with E-state index in [4.69, 9.17) is 0 Å². The van der Waals surface area contributed by atoms with Crippen LogP contribution >= 0.6 is 11.8 Å². The molecule has 0 spiro atoms. The quantitative estimate of drug-likeness (QED) is 0.318. The van der Waals surface area contributed by atoms with Gasteiger partial charge in [0.05, 0.1) is 17.8 Å². The Balaban J connectivity index is 1.47. The predicted octanol–water partition coefficient (Wildman–Crippen LogP) is 7.20. The summed E-state index contributed by atoms with van der Waals surface area (Å²) in [5.74, 6) is -0.0609. The highest BCUT2D eigenvalue weighted by atomic mass is 32.2. The highest BCUT2D eigenvalue weighted by molar-refractivity contribution is 7.99. The van der Waals surface area contributed by atoms with Crippen LogP contribution in [-0.2, 0) is 13.0 Å². The molecular weight excluding hydrogens is 454 g/mol. The van der Waals surface area contributed by atoms with Gasteiger partial charge in [0.15, 0.2) is 0 Å². The number of carbonyl (C=O) groups is 2. The number of carbonyl (C=O) groups excluding carboxylic acids is 2. The fraction of sp³-hybridized carbons (Fsp3) is 0.103.